The summed E-state index contributed by atoms with van der Waals surface area (Å²) in [5.41, 5.74) is 9.13. The molecule has 0 aliphatic carbocycles. The first-order valence-electron chi connectivity index (χ1n) is 6.17. The van der Waals surface area contributed by atoms with Crippen LogP contribution in [0.5, 0.6) is 0 Å². The molecule has 3 rings (SSSR count). The highest BCUT2D eigenvalue weighted by Crippen LogP contribution is 2.15. The van der Waals surface area contributed by atoms with E-state index in [2.05, 4.69) is 0 Å². The molecule has 4 heteroatoms. The highest BCUT2D eigenvalue weighted by Gasteiger charge is 2.08. The van der Waals surface area contributed by atoms with Crippen LogP contribution in [-0.4, -0.2) is 4.57 Å². The van der Waals surface area contributed by atoms with E-state index >= 15 is 0 Å². The number of fused-ring (bicyclic) bond motifs is 1. The first kappa shape index (κ1) is 11.6. The van der Waals surface area contributed by atoms with Crippen LogP contribution in [0.2, 0.25) is 0 Å². The van der Waals surface area contributed by atoms with Gasteiger partial charge in [0.25, 0.3) is 0 Å². The van der Waals surface area contributed by atoms with Gasteiger partial charge >= 0.3 is 5.76 Å². The van der Waals surface area contributed by atoms with E-state index in [4.69, 9.17) is 10.2 Å². The first-order valence-corrected chi connectivity index (χ1v) is 6.17. The number of hydrogen-bond acceptors (Lipinski definition) is 3. The van der Waals surface area contributed by atoms with E-state index in [1.165, 1.54) is 0 Å². The molecule has 0 saturated carbocycles. The number of benzene rings is 2. The Kier molecular flexibility index (Phi) is 2.83. The lowest BCUT2D eigenvalue weighted by Gasteiger charge is -2.05. The molecule has 4 nitrogen and oxygen atoms in total. The average Bonchev–Trinajstić information content (AvgIpc) is 2.74. The predicted molar refractivity (Wildman–Crippen MR) is 75.0 cm³/mol. The number of para-hydroxylation sites is 3. The zero-order chi connectivity index (χ0) is 13.2. The molecule has 0 saturated heterocycles. The molecule has 0 radical (unpaired) electrons. The van der Waals surface area contributed by atoms with E-state index in [-0.39, 0.29) is 5.76 Å². The topological polar surface area (TPSA) is 61.2 Å². The van der Waals surface area contributed by atoms with E-state index in [1.807, 2.05) is 42.5 Å². The smallest absolute Gasteiger partial charge is 0.408 e. The fourth-order valence-electron chi connectivity index (χ4n) is 2.22. The normalized spacial score (nSPS) is 10.9. The Labute approximate surface area is 110 Å². The second kappa shape index (κ2) is 4.65. The number of aromatic nitrogens is 1. The number of aryl methyl sites for hydroxylation is 2. The molecule has 0 bridgehead atoms. The minimum absolute atomic E-state index is 0.323. The molecule has 0 fully saturated rings. The SMILES string of the molecule is Nc1ccccc1CCn1c(=O)oc2ccccc21. The van der Waals surface area contributed by atoms with Gasteiger partial charge in [0, 0.05) is 12.2 Å². The summed E-state index contributed by atoms with van der Waals surface area (Å²) < 4.78 is 6.83. The van der Waals surface area contributed by atoms with E-state index in [9.17, 15) is 4.79 Å². The van der Waals surface area contributed by atoms with Gasteiger partial charge in [0.05, 0.1) is 5.52 Å². The van der Waals surface area contributed by atoms with Crippen LogP contribution >= 0.6 is 0 Å². The standard InChI is InChI=1S/C15H14N2O2/c16-12-6-2-1-5-11(12)9-10-17-13-7-3-4-8-14(13)19-15(17)18/h1-8H,9-10,16H2. The molecule has 3 aromatic rings. The summed E-state index contributed by atoms with van der Waals surface area (Å²) in [6.45, 7) is 0.560. The summed E-state index contributed by atoms with van der Waals surface area (Å²) in [5, 5.41) is 0. The quantitative estimate of drug-likeness (QED) is 0.730. The highest BCUT2D eigenvalue weighted by atomic mass is 16.4. The van der Waals surface area contributed by atoms with Gasteiger partial charge in [-0.15, -0.1) is 0 Å². The third-order valence-electron chi connectivity index (χ3n) is 3.23. The van der Waals surface area contributed by atoms with Crippen LogP contribution in [0.3, 0.4) is 0 Å². The van der Waals surface area contributed by atoms with Gasteiger partial charge in [-0.3, -0.25) is 4.57 Å². The summed E-state index contributed by atoms with van der Waals surface area (Å²) in [6.07, 6.45) is 0.704. The summed E-state index contributed by atoms with van der Waals surface area (Å²) in [5.74, 6) is -0.323. The number of anilines is 1. The van der Waals surface area contributed by atoms with Crippen molar-refractivity contribution in [2.24, 2.45) is 0 Å². The number of nitrogens with two attached hydrogens (primary N) is 1. The molecule has 1 heterocycles. The van der Waals surface area contributed by atoms with E-state index in [0.29, 0.717) is 18.5 Å². The number of rotatable bonds is 3. The van der Waals surface area contributed by atoms with Crippen LogP contribution in [0.4, 0.5) is 5.69 Å². The van der Waals surface area contributed by atoms with E-state index < -0.39 is 0 Å². The molecular formula is C15H14N2O2. The zero-order valence-electron chi connectivity index (χ0n) is 10.4. The van der Waals surface area contributed by atoms with Crippen LogP contribution < -0.4 is 11.5 Å². The van der Waals surface area contributed by atoms with Crippen molar-refractivity contribution in [1.29, 1.82) is 0 Å². The minimum atomic E-state index is -0.323. The molecule has 96 valence electrons. The van der Waals surface area contributed by atoms with Gasteiger partial charge in [-0.2, -0.15) is 0 Å². The van der Waals surface area contributed by atoms with Crippen molar-refractivity contribution in [3.05, 3.63) is 64.6 Å². The Balaban J connectivity index is 1.92. The third-order valence-corrected chi connectivity index (χ3v) is 3.23. The Morgan fingerprint density at radius 1 is 1.05 bits per heavy atom. The van der Waals surface area contributed by atoms with Crippen molar-refractivity contribution in [2.75, 3.05) is 5.73 Å². The zero-order valence-corrected chi connectivity index (χ0v) is 10.4. The van der Waals surface area contributed by atoms with Crippen LogP contribution in [0, 0.1) is 0 Å². The maximum absolute atomic E-state index is 11.8. The molecule has 0 atom stereocenters. The molecule has 0 amide bonds. The first-order chi connectivity index (χ1) is 9.25. The predicted octanol–water partition coefficient (Wildman–Crippen LogP) is 2.42. The molecule has 2 N–H and O–H groups in total. The van der Waals surface area contributed by atoms with Gasteiger partial charge in [-0.1, -0.05) is 30.3 Å². The lowest BCUT2D eigenvalue weighted by Crippen LogP contribution is -2.15. The van der Waals surface area contributed by atoms with Gasteiger partial charge in [-0.05, 0) is 30.2 Å². The van der Waals surface area contributed by atoms with Crippen molar-refractivity contribution in [2.45, 2.75) is 13.0 Å². The highest BCUT2D eigenvalue weighted by molar-refractivity contribution is 5.72. The molecule has 0 spiro atoms. The molecule has 0 unspecified atom stereocenters. The molecule has 2 aromatic carbocycles. The summed E-state index contributed by atoms with van der Waals surface area (Å²) >= 11 is 0. The molecule has 0 aliphatic rings. The lowest BCUT2D eigenvalue weighted by atomic mass is 10.1. The average molecular weight is 254 g/mol. The lowest BCUT2D eigenvalue weighted by molar-refractivity contribution is 0.505. The Morgan fingerprint density at radius 2 is 1.79 bits per heavy atom. The monoisotopic (exact) mass is 254 g/mol. The van der Waals surface area contributed by atoms with Crippen molar-refractivity contribution >= 4 is 16.8 Å². The Morgan fingerprint density at radius 3 is 2.63 bits per heavy atom. The summed E-state index contributed by atoms with van der Waals surface area (Å²) in [4.78, 5) is 11.8. The second-order valence-electron chi connectivity index (χ2n) is 4.44. The number of hydrogen-bond donors (Lipinski definition) is 1. The van der Waals surface area contributed by atoms with Gasteiger partial charge < -0.3 is 10.2 Å². The van der Waals surface area contributed by atoms with Gasteiger partial charge in [0.15, 0.2) is 5.58 Å². The Bertz CT molecular complexity index is 771. The Hall–Kier alpha value is -2.49. The number of nitrogens with zero attached hydrogens (tertiary/aromatic N) is 1. The van der Waals surface area contributed by atoms with Crippen molar-refractivity contribution in [3.63, 3.8) is 0 Å². The minimum Gasteiger partial charge on any atom is -0.408 e. The molecular weight excluding hydrogens is 240 g/mol. The van der Waals surface area contributed by atoms with Gasteiger partial charge in [0.1, 0.15) is 0 Å². The van der Waals surface area contributed by atoms with Gasteiger partial charge in [0.2, 0.25) is 0 Å². The van der Waals surface area contributed by atoms with Crippen LogP contribution in [0.25, 0.3) is 11.1 Å². The van der Waals surface area contributed by atoms with Gasteiger partial charge in [-0.25, -0.2) is 4.79 Å². The molecule has 19 heavy (non-hydrogen) atoms. The molecule has 0 aliphatic heterocycles. The van der Waals surface area contributed by atoms with E-state index in [0.717, 1.165) is 16.8 Å². The summed E-state index contributed by atoms with van der Waals surface area (Å²) in [7, 11) is 0. The summed E-state index contributed by atoms with van der Waals surface area (Å²) in [6, 6.07) is 15.1. The largest absolute Gasteiger partial charge is 0.419 e. The van der Waals surface area contributed by atoms with Crippen LogP contribution in [-0.2, 0) is 13.0 Å². The molecule has 1 aromatic heterocycles. The number of oxazole rings is 1. The van der Waals surface area contributed by atoms with Crippen LogP contribution in [0.1, 0.15) is 5.56 Å². The van der Waals surface area contributed by atoms with Crippen molar-refractivity contribution in [3.8, 4) is 0 Å². The fourth-order valence-corrected chi connectivity index (χ4v) is 2.22. The fraction of sp³-hybridized carbons (Fsp3) is 0.133. The number of nitrogen functional groups attached to an aromatic ring is 1. The van der Waals surface area contributed by atoms with E-state index in [1.54, 1.807) is 10.6 Å². The maximum atomic E-state index is 11.8. The van der Waals surface area contributed by atoms with Crippen molar-refractivity contribution < 1.29 is 4.42 Å². The maximum Gasteiger partial charge on any atom is 0.419 e. The second-order valence-corrected chi connectivity index (χ2v) is 4.44. The van der Waals surface area contributed by atoms with Crippen molar-refractivity contribution in [1.82, 2.24) is 4.57 Å². The third kappa shape index (κ3) is 2.12. The van der Waals surface area contributed by atoms with Crippen LogP contribution in [0.15, 0.2) is 57.7 Å².